The third kappa shape index (κ3) is 5.19. The Morgan fingerprint density at radius 2 is 1.70 bits per heavy atom. The number of hydrogen-bond donors (Lipinski definition) is 1. The van der Waals surface area contributed by atoms with E-state index < -0.39 is 11.9 Å². The van der Waals surface area contributed by atoms with Gasteiger partial charge in [-0.3, -0.25) is 4.79 Å². The van der Waals surface area contributed by atoms with Crippen molar-refractivity contribution >= 4 is 62.0 Å². The lowest BCUT2D eigenvalue weighted by Crippen LogP contribution is -2.30. The van der Waals surface area contributed by atoms with Gasteiger partial charge in [0.05, 0.1) is 12.3 Å². The van der Waals surface area contributed by atoms with Crippen LogP contribution in [0.5, 0.6) is 11.5 Å². The van der Waals surface area contributed by atoms with Crippen molar-refractivity contribution in [1.82, 2.24) is 5.32 Å². The van der Waals surface area contributed by atoms with E-state index in [-0.39, 0.29) is 5.70 Å². The summed E-state index contributed by atoms with van der Waals surface area (Å²) in [6, 6.07) is 23.9. The summed E-state index contributed by atoms with van der Waals surface area (Å²) in [5.74, 6) is 0.612. The van der Waals surface area contributed by atoms with Gasteiger partial charge in [0, 0.05) is 9.50 Å². The molecule has 3 amide bonds. The Hall–Kier alpha value is -3.81. The van der Waals surface area contributed by atoms with Crippen LogP contribution in [0.3, 0.4) is 0 Å². The van der Waals surface area contributed by atoms with Gasteiger partial charge in [-0.2, -0.15) is 0 Å². The van der Waals surface area contributed by atoms with E-state index in [1.807, 2.05) is 31.2 Å². The second-order valence-electron chi connectivity index (χ2n) is 8.29. The monoisotopic (exact) mass is 576 g/mol. The standard InChI is InChI=1S/C29H22BrClN2O4/c1-2-36-26-14-20(13-25-28(34)33(29(35)32-25)22-11-6-10-21(31)15-22)24(30)16-27(26)37-17-19-9-5-8-18-7-3-4-12-23(18)19/h3-16H,2,17H2,1H3,(H,32,35)/b25-13+. The normalized spacial score (nSPS) is 14.4. The number of fused-ring (bicyclic) bond motifs is 1. The largest absolute Gasteiger partial charge is 0.490 e. The second-order valence-corrected chi connectivity index (χ2v) is 9.58. The van der Waals surface area contributed by atoms with Crippen molar-refractivity contribution in [3.63, 3.8) is 0 Å². The Labute approximate surface area is 227 Å². The predicted molar refractivity (Wildman–Crippen MR) is 149 cm³/mol. The maximum Gasteiger partial charge on any atom is 0.333 e. The van der Waals surface area contributed by atoms with E-state index >= 15 is 0 Å². The molecule has 1 aliphatic heterocycles. The molecule has 0 saturated carbocycles. The van der Waals surface area contributed by atoms with Gasteiger partial charge in [0.1, 0.15) is 12.3 Å². The number of halogens is 2. The zero-order chi connectivity index (χ0) is 25.9. The van der Waals surface area contributed by atoms with Crippen LogP contribution in [0.25, 0.3) is 16.8 Å². The topological polar surface area (TPSA) is 67.9 Å². The highest BCUT2D eigenvalue weighted by atomic mass is 79.9. The number of carbonyl (C=O) groups is 2. The van der Waals surface area contributed by atoms with E-state index in [4.69, 9.17) is 21.1 Å². The van der Waals surface area contributed by atoms with Gasteiger partial charge >= 0.3 is 6.03 Å². The zero-order valence-electron chi connectivity index (χ0n) is 19.8. The molecule has 1 fully saturated rings. The van der Waals surface area contributed by atoms with Crippen molar-refractivity contribution in [3.8, 4) is 11.5 Å². The van der Waals surface area contributed by atoms with E-state index in [0.717, 1.165) is 21.2 Å². The summed E-state index contributed by atoms with van der Waals surface area (Å²) in [7, 11) is 0. The average molecular weight is 578 g/mol. The fraction of sp³-hybridized carbons (Fsp3) is 0.103. The molecule has 0 atom stereocenters. The molecule has 186 valence electrons. The lowest BCUT2D eigenvalue weighted by Gasteiger charge is -2.15. The fourth-order valence-corrected chi connectivity index (χ4v) is 4.78. The van der Waals surface area contributed by atoms with Crippen LogP contribution in [-0.4, -0.2) is 18.5 Å². The number of nitrogens with zero attached hydrogens (tertiary/aromatic N) is 1. The van der Waals surface area contributed by atoms with Gasteiger partial charge in [-0.25, -0.2) is 9.69 Å². The molecule has 0 unspecified atom stereocenters. The molecule has 1 saturated heterocycles. The number of carbonyl (C=O) groups excluding carboxylic acids is 2. The molecule has 8 heteroatoms. The zero-order valence-corrected chi connectivity index (χ0v) is 22.2. The Kier molecular flexibility index (Phi) is 7.17. The van der Waals surface area contributed by atoms with Crippen LogP contribution in [0, 0.1) is 0 Å². The number of ether oxygens (including phenoxy) is 2. The van der Waals surface area contributed by atoms with Crippen LogP contribution in [0.2, 0.25) is 5.02 Å². The van der Waals surface area contributed by atoms with Crippen LogP contribution in [0.15, 0.2) is 89.0 Å². The summed E-state index contributed by atoms with van der Waals surface area (Å²) in [4.78, 5) is 26.7. The van der Waals surface area contributed by atoms with Gasteiger partial charge in [0.25, 0.3) is 5.91 Å². The lowest BCUT2D eigenvalue weighted by atomic mass is 10.1. The molecule has 0 radical (unpaired) electrons. The van der Waals surface area contributed by atoms with Crippen molar-refractivity contribution in [3.05, 3.63) is 105 Å². The summed E-state index contributed by atoms with van der Waals surface area (Å²) in [6.45, 7) is 2.68. The number of imide groups is 1. The van der Waals surface area contributed by atoms with E-state index in [1.54, 1.807) is 42.5 Å². The summed E-state index contributed by atoms with van der Waals surface area (Å²) in [6.07, 6.45) is 1.60. The molecule has 4 aromatic rings. The molecule has 1 N–H and O–H groups in total. The van der Waals surface area contributed by atoms with Crippen LogP contribution < -0.4 is 19.7 Å². The van der Waals surface area contributed by atoms with Crippen LogP contribution >= 0.6 is 27.5 Å². The Bertz CT molecular complexity index is 1550. The number of amides is 3. The number of urea groups is 1. The van der Waals surface area contributed by atoms with E-state index in [1.165, 1.54) is 0 Å². The molecule has 0 bridgehead atoms. The van der Waals surface area contributed by atoms with Crippen LogP contribution in [-0.2, 0) is 11.4 Å². The van der Waals surface area contributed by atoms with E-state index in [9.17, 15) is 9.59 Å². The molecule has 4 aromatic carbocycles. The number of benzene rings is 4. The minimum Gasteiger partial charge on any atom is -0.490 e. The predicted octanol–water partition coefficient (Wildman–Crippen LogP) is 7.33. The molecule has 5 rings (SSSR count). The summed E-state index contributed by atoms with van der Waals surface area (Å²) in [5, 5.41) is 5.34. The molecule has 37 heavy (non-hydrogen) atoms. The molecular weight excluding hydrogens is 556 g/mol. The highest BCUT2D eigenvalue weighted by molar-refractivity contribution is 9.10. The van der Waals surface area contributed by atoms with E-state index in [2.05, 4.69) is 39.4 Å². The lowest BCUT2D eigenvalue weighted by molar-refractivity contribution is -0.113. The Morgan fingerprint density at radius 1 is 0.946 bits per heavy atom. The van der Waals surface area contributed by atoms with Crippen molar-refractivity contribution in [1.29, 1.82) is 0 Å². The quantitative estimate of drug-likeness (QED) is 0.184. The van der Waals surface area contributed by atoms with Gasteiger partial charge in [-0.1, -0.05) is 76.1 Å². The van der Waals surface area contributed by atoms with Gasteiger partial charge in [-0.15, -0.1) is 0 Å². The van der Waals surface area contributed by atoms with Crippen LogP contribution in [0.4, 0.5) is 10.5 Å². The van der Waals surface area contributed by atoms with Crippen molar-refractivity contribution in [2.45, 2.75) is 13.5 Å². The van der Waals surface area contributed by atoms with Gasteiger partial charge in [0.2, 0.25) is 0 Å². The average Bonchev–Trinajstić information content (AvgIpc) is 3.17. The molecular formula is C29H22BrClN2O4. The summed E-state index contributed by atoms with van der Waals surface area (Å²) >= 11 is 9.62. The molecule has 0 aliphatic carbocycles. The Morgan fingerprint density at radius 3 is 2.51 bits per heavy atom. The molecule has 6 nitrogen and oxygen atoms in total. The molecule has 0 spiro atoms. The fourth-order valence-electron chi connectivity index (χ4n) is 4.16. The number of rotatable bonds is 7. The van der Waals surface area contributed by atoms with Gasteiger partial charge in [-0.05, 0) is 65.2 Å². The third-order valence-corrected chi connectivity index (χ3v) is 6.79. The highest BCUT2D eigenvalue weighted by Gasteiger charge is 2.35. The van der Waals surface area contributed by atoms with E-state index in [0.29, 0.717) is 45.5 Å². The smallest absolute Gasteiger partial charge is 0.333 e. The minimum atomic E-state index is -0.547. The SMILES string of the molecule is CCOc1cc(/C=C2/NC(=O)N(c3cccc(Cl)c3)C2=O)c(Br)cc1OCc1cccc2ccccc12. The number of hydrogen-bond acceptors (Lipinski definition) is 4. The van der Waals surface area contributed by atoms with Crippen molar-refractivity contribution in [2.24, 2.45) is 0 Å². The summed E-state index contributed by atoms with van der Waals surface area (Å²) < 4.78 is 12.7. The minimum absolute atomic E-state index is 0.137. The van der Waals surface area contributed by atoms with Gasteiger partial charge < -0.3 is 14.8 Å². The molecule has 1 heterocycles. The maximum absolute atomic E-state index is 13.0. The number of nitrogens with one attached hydrogen (secondary N) is 1. The third-order valence-electron chi connectivity index (χ3n) is 5.87. The second kappa shape index (κ2) is 10.7. The first-order chi connectivity index (χ1) is 17.9. The van der Waals surface area contributed by atoms with Crippen molar-refractivity contribution < 1.29 is 19.1 Å². The number of anilines is 1. The maximum atomic E-state index is 13.0. The summed E-state index contributed by atoms with van der Waals surface area (Å²) in [5.41, 5.74) is 2.24. The highest BCUT2D eigenvalue weighted by Crippen LogP contribution is 2.36. The van der Waals surface area contributed by atoms with Crippen molar-refractivity contribution in [2.75, 3.05) is 11.5 Å². The Balaban J connectivity index is 1.42. The molecule has 1 aliphatic rings. The first-order valence-corrected chi connectivity index (χ1v) is 12.8. The van der Waals surface area contributed by atoms with Crippen LogP contribution in [0.1, 0.15) is 18.1 Å². The first-order valence-electron chi connectivity index (χ1n) is 11.6. The molecule has 0 aromatic heterocycles. The first kappa shape index (κ1) is 24.9. The van der Waals surface area contributed by atoms with Gasteiger partial charge in [0.15, 0.2) is 11.5 Å².